The average molecular weight is 583 g/mol. The van der Waals surface area contributed by atoms with Crippen LogP contribution in [0.4, 0.5) is 0 Å². The van der Waals surface area contributed by atoms with Crippen molar-refractivity contribution in [1.82, 2.24) is 0 Å². The Kier molecular flexibility index (Phi) is 4.57. The lowest BCUT2D eigenvalue weighted by atomic mass is 9.61. The molecule has 1 spiro atoms. The first-order valence-electron chi connectivity index (χ1n) is 16.0. The lowest BCUT2D eigenvalue weighted by Crippen LogP contribution is -2.31. The first-order valence-corrected chi connectivity index (χ1v) is 16.0. The summed E-state index contributed by atoms with van der Waals surface area (Å²) < 4.78 is 6.56. The molecular formula is C45H26O. The summed E-state index contributed by atoms with van der Waals surface area (Å²) in [6.45, 7) is 0. The molecule has 3 aliphatic rings. The van der Waals surface area contributed by atoms with Gasteiger partial charge in [-0.3, -0.25) is 0 Å². The minimum Gasteiger partial charge on any atom is -0.456 e. The summed E-state index contributed by atoms with van der Waals surface area (Å²) in [4.78, 5) is 0. The van der Waals surface area contributed by atoms with E-state index in [-0.39, 0.29) is 0 Å². The molecule has 8 aromatic carbocycles. The van der Waals surface area contributed by atoms with E-state index >= 15 is 0 Å². The van der Waals surface area contributed by atoms with Gasteiger partial charge in [0, 0.05) is 10.9 Å². The van der Waals surface area contributed by atoms with Crippen molar-refractivity contribution >= 4 is 21.5 Å². The number of rotatable bonds is 1. The maximum atomic E-state index is 6.56. The first kappa shape index (κ1) is 24.4. The summed E-state index contributed by atoms with van der Waals surface area (Å²) in [5.74, 6) is 1.83. The third-order valence-corrected chi connectivity index (χ3v) is 10.6. The van der Waals surface area contributed by atoms with Gasteiger partial charge in [0.15, 0.2) is 0 Å². The highest BCUT2D eigenvalue weighted by atomic mass is 16.5. The molecule has 1 nitrogen and oxygen atoms in total. The fourth-order valence-corrected chi connectivity index (χ4v) is 8.87. The van der Waals surface area contributed by atoms with E-state index in [9.17, 15) is 0 Å². The predicted molar refractivity (Wildman–Crippen MR) is 189 cm³/mol. The fraction of sp³-hybridized carbons (Fsp3) is 0.0222. The molecule has 1 heteroatoms. The number of hydrogen-bond acceptors (Lipinski definition) is 1. The first-order chi connectivity index (χ1) is 22.8. The van der Waals surface area contributed by atoms with E-state index in [1.54, 1.807) is 0 Å². The molecule has 0 saturated heterocycles. The quantitative estimate of drug-likeness (QED) is 0.187. The van der Waals surface area contributed by atoms with Crippen LogP contribution in [-0.2, 0) is 5.41 Å². The molecule has 46 heavy (non-hydrogen) atoms. The number of hydrogen-bond donors (Lipinski definition) is 0. The molecule has 0 radical (unpaired) electrons. The molecule has 2 aliphatic carbocycles. The lowest BCUT2D eigenvalue weighted by Gasteiger charge is -2.40. The van der Waals surface area contributed by atoms with Crippen LogP contribution in [0, 0.1) is 0 Å². The number of para-hydroxylation sites is 1. The van der Waals surface area contributed by atoms with E-state index < -0.39 is 5.41 Å². The summed E-state index contributed by atoms with van der Waals surface area (Å²) in [6.07, 6.45) is 0. The van der Waals surface area contributed by atoms with Gasteiger partial charge in [0.2, 0.25) is 0 Å². The van der Waals surface area contributed by atoms with Crippen molar-refractivity contribution < 1.29 is 4.74 Å². The smallest absolute Gasteiger partial charge is 0.136 e. The maximum Gasteiger partial charge on any atom is 0.136 e. The maximum absolute atomic E-state index is 6.56. The minimum absolute atomic E-state index is 0.397. The molecule has 1 aliphatic heterocycles. The molecule has 11 rings (SSSR count). The van der Waals surface area contributed by atoms with Crippen molar-refractivity contribution in [3.63, 3.8) is 0 Å². The van der Waals surface area contributed by atoms with Crippen molar-refractivity contribution in [1.29, 1.82) is 0 Å². The Bertz CT molecular complexity index is 2620. The Morgan fingerprint density at radius 1 is 0.326 bits per heavy atom. The summed E-state index contributed by atoms with van der Waals surface area (Å²) in [7, 11) is 0. The van der Waals surface area contributed by atoms with Gasteiger partial charge in [-0.15, -0.1) is 0 Å². The van der Waals surface area contributed by atoms with Crippen LogP contribution in [-0.4, -0.2) is 0 Å². The van der Waals surface area contributed by atoms with Crippen molar-refractivity contribution in [2.24, 2.45) is 0 Å². The van der Waals surface area contributed by atoms with Crippen LogP contribution in [0.2, 0.25) is 0 Å². The molecule has 0 amide bonds. The largest absolute Gasteiger partial charge is 0.456 e. The summed E-state index contributed by atoms with van der Waals surface area (Å²) in [6, 6.07) is 58.3. The van der Waals surface area contributed by atoms with E-state index in [4.69, 9.17) is 4.74 Å². The summed E-state index contributed by atoms with van der Waals surface area (Å²) >= 11 is 0. The molecule has 0 aromatic heterocycles. The van der Waals surface area contributed by atoms with Gasteiger partial charge in [-0.25, -0.2) is 0 Å². The van der Waals surface area contributed by atoms with Gasteiger partial charge in [-0.05, 0) is 102 Å². The third kappa shape index (κ3) is 2.91. The Hall–Kier alpha value is -5.92. The van der Waals surface area contributed by atoms with Crippen LogP contribution in [0.1, 0.15) is 22.3 Å². The lowest BCUT2D eigenvalue weighted by molar-refractivity contribution is 0.487. The van der Waals surface area contributed by atoms with Gasteiger partial charge in [0.05, 0.1) is 5.41 Å². The number of ether oxygens (including phenoxy) is 1. The zero-order chi connectivity index (χ0) is 30.0. The topological polar surface area (TPSA) is 9.23 Å². The molecule has 0 N–H and O–H groups in total. The number of benzene rings is 8. The van der Waals surface area contributed by atoms with Gasteiger partial charge in [0.1, 0.15) is 11.5 Å². The van der Waals surface area contributed by atoms with Crippen LogP contribution >= 0.6 is 0 Å². The van der Waals surface area contributed by atoms with Gasteiger partial charge in [-0.1, -0.05) is 133 Å². The summed E-state index contributed by atoms with van der Waals surface area (Å²) in [5.41, 5.74) is 15.0. The average Bonchev–Trinajstić information content (AvgIpc) is 3.41. The highest BCUT2D eigenvalue weighted by Gasteiger charge is 2.49. The molecule has 1 heterocycles. The second-order valence-corrected chi connectivity index (χ2v) is 12.8. The SMILES string of the molecule is c1ccc2c(c1)Oc1cc(-c3ccc4c(c3)-c3ccccc3C43c4ccccc4-c4cccc5cccc3c45)cc3cccc-2c13. The number of fused-ring (bicyclic) bond motifs is 11. The molecule has 0 bridgehead atoms. The Labute approximate surface area is 267 Å². The predicted octanol–water partition coefficient (Wildman–Crippen LogP) is 11.8. The monoisotopic (exact) mass is 582 g/mol. The van der Waals surface area contributed by atoms with Crippen LogP contribution in [0.15, 0.2) is 158 Å². The van der Waals surface area contributed by atoms with E-state index in [1.165, 1.54) is 77.2 Å². The molecule has 212 valence electrons. The van der Waals surface area contributed by atoms with E-state index in [0.29, 0.717) is 0 Å². The molecular weight excluding hydrogens is 556 g/mol. The fourth-order valence-electron chi connectivity index (χ4n) is 8.87. The highest BCUT2D eigenvalue weighted by molar-refractivity contribution is 6.08. The third-order valence-electron chi connectivity index (χ3n) is 10.6. The van der Waals surface area contributed by atoms with Crippen LogP contribution < -0.4 is 4.74 Å². The van der Waals surface area contributed by atoms with Crippen molar-refractivity contribution in [2.45, 2.75) is 5.41 Å². The normalized spacial score (nSPS) is 16.1. The Morgan fingerprint density at radius 3 is 1.72 bits per heavy atom. The zero-order valence-corrected chi connectivity index (χ0v) is 24.9. The molecule has 1 atom stereocenters. The Balaban J connectivity index is 1.19. The second-order valence-electron chi connectivity index (χ2n) is 12.8. The standard InChI is InChI=1S/C45H26O/c1-4-18-37-31(13-1)34-16-7-10-27-11-9-20-40(43(27)34)45(37)38-19-5-2-14-32(38)36-25-28(22-23-39(36)45)30-24-29-12-8-17-35-33-15-3-6-21-41(33)46-42(26-30)44(29)35/h1-26H. The van der Waals surface area contributed by atoms with Gasteiger partial charge in [0.25, 0.3) is 0 Å². The molecule has 0 fully saturated rings. The van der Waals surface area contributed by atoms with Crippen LogP contribution in [0.3, 0.4) is 0 Å². The molecule has 8 aromatic rings. The minimum atomic E-state index is -0.397. The van der Waals surface area contributed by atoms with Crippen molar-refractivity contribution in [3.05, 3.63) is 180 Å². The van der Waals surface area contributed by atoms with Gasteiger partial charge >= 0.3 is 0 Å². The van der Waals surface area contributed by atoms with E-state index in [0.717, 1.165) is 22.6 Å². The molecule has 0 saturated carbocycles. The van der Waals surface area contributed by atoms with E-state index in [2.05, 4.69) is 152 Å². The van der Waals surface area contributed by atoms with Crippen LogP contribution in [0.25, 0.3) is 66.1 Å². The van der Waals surface area contributed by atoms with Crippen LogP contribution in [0.5, 0.6) is 11.5 Å². The highest BCUT2D eigenvalue weighted by Crippen LogP contribution is 2.62. The Morgan fingerprint density at radius 2 is 0.913 bits per heavy atom. The second kappa shape index (κ2) is 8.62. The zero-order valence-electron chi connectivity index (χ0n) is 24.9. The molecule has 1 unspecified atom stereocenters. The van der Waals surface area contributed by atoms with Gasteiger partial charge in [-0.2, -0.15) is 0 Å². The summed E-state index contributed by atoms with van der Waals surface area (Å²) in [5, 5.41) is 5.03. The van der Waals surface area contributed by atoms with E-state index in [1.807, 2.05) is 6.07 Å². The van der Waals surface area contributed by atoms with Gasteiger partial charge < -0.3 is 4.74 Å². The van der Waals surface area contributed by atoms with Crippen molar-refractivity contribution in [3.8, 4) is 56.0 Å². The van der Waals surface area contributed by atoms with Crippen molar-refractivity contribution in [2.75, 3.05) is 0 Å².